The number of nitrogens with one attached hydrogen (secondary N) is 1. The maximum absolute atomic E-state index is 11.8. The van der Waals surface area contributed by atoms with Crippen LogP contribution < -0.4 is 24.4 Å². The fourth-order valence-electron chi connectivity index (χ4n) is 5.48. The Kier molecular flexibility index (Phi) is 9.94. The second kappa shape index (κ2) is 14.6. The first kappa shape index (κ1) is 32.6. The monoisotopic (exact) mass is 662 g/mol. The molecule has 4 aromatic rings. The molecule has 0 aromatic carbocycles. The summed E-state index contributed by atoms with van der Waals surface area (Å²) in [4.78, 5) is 48.2. The fraction of sp³-hybridized carbons (Fsp3) is 0.484. The van der Waals surface area contributed by atoms with E-state index >= 15 is 0 Å². The summed E-state index contributed by atoms with van der Waals surface area (Å²) in [5.74, 6) is 2.25. The Hall–Kier alpha value is -5.32. The molecule has 0 unspecified atom stereocenters. The van der Waals surface area contributed by atoms with E-state index in [9.17, 15) is 14.9 Å². The molecule has 1 amide bonds. The molecule has 0 radical (unpaired) electrons. The van der Waals surface area contributed by atoms with Gasteiger partial charge in [-0.05, 0) is 36.7 Å². The molecule has 0 spiro atoms. The van der Waals surface area contributed by atoms with Crippen molar-refractivity contribution in [3.63, 3.8) is 0 Å². The van der Waals surface area contributed by atoms with E-state index in [4.69, 9.17) is 23.9 Å². The lowest BCUT2D eigenvalue weighted by Gasteiger charge is -2.31. The zero-order valence-electron chi connectivity index (χ0n) is 27.1. The molecule has 2 fully saturated rings. The number of pyridine rings is 2. The van der Waals surface area contributed by atoms with Gasteiger partial charge in [0.2, 0.25) is 11.8 Å². The molecule has 254 valence electrons. The van der Waals surface area contributed by atoms with E-state index in [0.29, 0.717) is 47.6 Å². The Morgan fingerprint density at radius 2 is 1.75 bits per heavy atom. The number of ether oxygens (including phenoxy) is 4. The molecule has 1 N–H and O–H groups in total. The second-order valence-electron chi connectivity index (χ2n) is 11.8. The zero-order valence-corrected chi connectivity index (χ0v) is 27.1. The van der Waals surface area contributed by atoms with Gasteiger partial charge in [0.25, 0.3) is 5.91 Å². The van der Waals surface area contributed by atoms with Gasteiger partial charge in [-0.1, -0.05) is 4.98 Å². The number of carbonyl (C=O) groups is 1. The maximum atomic E-state index is 11.8. The number of carbonyl (C=O) groups excluding carboxylic acids is 1. The molecule has 17 heteroatoms. The fourth-order valence-corrected chi connectivity index (χ4v) is 5.48. The predicted octanol–water partition coefficient (Wildman–Crippen LogP) is 2.75. The molecular weight excluding hydrogens is 624 g/mol. The molecule has 0 atom stereocenters. The van der Waals surface area contributed by atoms with Crippen LogP contribution in [0.2, 0.25) is 0 Å². The molecule has 1 aliphatic heterocycles. The van der Waals surface area contributed by atoms with Crippen molar-refractivity contribution in [1.29, 1.82) is 0 Å². The van der Waals surface area contributed by atoms with Crippen LogP contribution in [0, 0.1) is 10.1 Å². The number of aromatic nitrogens is 6. The smallest absolute Gasteiger partial charge is 0.434 e. The summed E-state index contributed by atoms with van der Waals surface area (Å²) < 4.78 is 24.9. The highest BCUT2D eigenvalue weighted by Gasteiger charge is 2.26. The molecule has 17 nitrogen and oxygen atoms in total. The summed E-state index contributed by atoms with van der Waals surface area (Å²) in [6.07, 6.45) is 9.36. The number of anilines is 2. The van der Waals surface area contributed by atoms with Gasteiger partial charge >= 0.3 is 5.95 Å². The molecule has 1 saturated heterocycles. The lowest BCUT2D eigenvalue weighted by Crippen LogP contribution is -2.37. The highest BCUT2D eigenvalue weighted by atomic mass is 16.6. The van der Waals surface area contributed by atoms with Crippen molar-refractivity contribution in [3.05, 3.63) is 52.7 Å². The van der Waals surface area contributed by atoms with Crippen LogP contribution in [0.4, 0.5) is 17.7 Å². The van der Waals surface area contributed by atoms with E-state index in [2.05, 4.69) is 30.2 Å². The number of rotatable bonds is 12. The van der Waals surface area contributed by atoms with Gasteiger partial charge in [0.05, 0.1) is 49.8 Å². The van der Waals surface area contributed by atoms with Crippen LogP contribution in [-0.2, 0) is 23.2 Å². The summed E-state index contributed by atoms with van der Waals surface area (Å²) in [6.45, 7) is 2.68. The number of imidazole rings is 1. The standard InChI is InChI=1S/C31H38N10O7/c1-38(2)28(42)19-47-24-16-33-30(34-17-24)36-20-4-6-22(7-5-20)48-29-25-12-23(46-18-21-14-35-31(39(21)3)41(43)44)15-32-26(25)13-27(37-29)40-8-10-45-11-9-40/h12-17,20,22H,4-11,18-19H2,1-3H3,(H,33,34,36). The number of hydrogen-bond donors (Lipinski definition) is 1. The Morgan fingerprint density at radius 3 is 2.44 bits per heavy atom. The second-order valence-corrected chi connectivity index (χ2v) is 11.8. The van der Waals surface area contributed by atoms with Crippen LogP contribution in [0.25, 0.3) is 10.9 Å². The summed E-state index contributed by atoms with van der Waals surface area (Å²) in [5, 5.41) is 15.3. The Balaban J connectivity index is 1.12. The molecule has 5 heterocycles. The summed E-state index contributed by atoms with van der Waals surface area (Å²) in [7, 11) is 4.92. The Labute approximate surface area is 276 Å². The van der Waals surface area contributed by atoms with Gasteiger partial charge in [-0.15, -0.1) is 0 Å². The molecule has 2 aliphatic rings. The van der Waals surface area contributed by atoms with Crippen LogP contribution in [0.15, 0.2) is 36.9 Å². The highest BCUT2D eigenvalue weighted by molar-refractivity contribution is 5.87. The number of nitrogens with zero attached hydrogens (tertiary/aromatic N) is 9. The van der Waals surface area contributed by atoms with Gasteiger partial charge in [-0.2, -0.15) is 4.98 Å². The maximum Gasteiger partial charge on any atom is 0.434 e. The minimum Gasteiger partial charge on any atom is -0.484 e. The van der Waals surface area contributed by atoms with Crippen LogP contribution in [0.3, 0.4) is 0 Å². The van der Waals surface area contributed by atoms with E-state index in [1.807, 2.05) is 12.1 Å². The zero-order chi connectivity index (χ0) is 33.6. The first-order chi connectivity index (χ1) is 23.2. The van der Waals surface area contributed by atoms with Crippen molar-refractivity contribution in [1.82, 2.24) is 34.4 Å². The number of likely N-dealkylation sites (N-methyl/N-ethyl adjacent to an activating group) is 1. The molecule has 0 bridgehead atoms. The van der Waals surface area contributed by atoms with Crippen LogP contribution >= 0.6 is 0 Å². The average Bonchev–Trinajstić information content (AvgIpc) is 3.48. The first-order valence-electron chi connectivity index (χ1n) is 15.7. The van der Waals surface area contributed by atoms with Crippen LogP contribution in [0.1, 0.15) is 31.4 Å². The largest absolute Gasteiger partial charge is 0.484 e. The predicted molar refractivity (Wildman–Crippen MR) is 173 cm³/mol. The molecule has 1 aliphatic carbocycles. The number of fused-ring (bicyclic) bond motifs is 1. The number of nitro groups is 1. The summed E-state index contributed by atoms with van der Waals surface area (Å²) in [6, 6.07) is 3.95. The molecule has 1 saturated carbocycles. The van der Waals surface area contributed by atoms with Crippen LogP contribution in [0.5, 0.6) is 17.4 Å². The number of hydrogen-bond acceptors (Lipinski definition) is 14. The molecular formula is C31H38N10O7. The lowest BCUT2D eigenvalue weighted by molar-refractivity contribution is -0.396. The average molecular weight is 663 g/mol. The minimum atomic E-state index is -0.536. The Morgan fingerprint density at radius 1 is 1.02 bits per heavy atom. The van der Waals surface area contributed by atoms with Gasteiger partial charge < -0.3 is 44.2 Å². The molecule has 6 rings (SSSR count). The van der Waals surface area contributed by atoms with E-state index in [-0.39, 0.29) is 37.2 Å². The van der Waals surface area contributed by atoms with Crippen molar-refractivity contribution < 1.29 is 28.7 Å². The van der Waals surface area contributed by atoms with E-state index in [0.717, 1.165) is 50.1 Å². The highest BCUT2D eigenvalue weighted by Crippen LogP contribution is 2.33. The van der Waals surface area contributed by atoms with Gasteiger partial charge in [0.1, 0.15) is 30.5 Å². The first-order valence-corrected chi connectivity index (χ1v) is 15.7. The quantitative estimate of drug-likeness (QED) is 0.172. The van der Waals surface area contributed by atoms with Gasteiger partial charge in [0.15, 0.2) is 18.1 Å². The third-order valence-corrected chi connectivity index (χ3v) is 8.33. The van der Waals surface area contributed by atoms with Gasteiger partial charge in [0, 0.05) is 39.3 Å². The minimum absolute atomic E-state index is 0.0656. The van der Waals surface area contributed by atoms with Crippen LogP contribution in [-0.4, -0.2) is 104 Å². The van der Waals surface area contributed by atoms with Crippen molar-refractivity contribution in [2.75, 3.05) is 57.2 Å². The third-order valence-electron chi connectivity index (χ3n) is 8.33. The molecule has 4 aromatic heterocycles. The van der Waals surface area contributed by atoms with E-state index < -0.39 is 4.92 Å². The third kappa shape index (κ3) is 7.79. The number of morpholine rings is 1. The van der Waals surface area contributed by atoms with Crippen molar-refractivity contribution >= 4 is 34.5 Å². The van der Waals surface area contributed by atoms with Crippen molar-refractivity contribution in [2.24, 2.45) is 7.05 Å². The SMILES string of the molecule is CN(C)C(=O)COc1cnc(NC2CCC(Oc3nc(N4CCOCC4)cc4ncc(OCc5cnc([N+](=O)[O-])n5C)cc34)CC2)nc1. The van der Waals surface area contributed by atoms with Gasteiger partial charge in [-0.25, -0.2) is 14.5 Å². The van der Waals surface area contributed by atoms with Crippen molar-refractivity contribution in [3.8, 4) is 17.4 Å². The number of amides is 1. The van der Waals surface area contributed by atoms with Gasteiger partial charge in [-0.3, -0.25) is 9.78 Å². The molecule has 48 heavy (non-hydrogen) atoms. The van der Waals surface area contributed by atoms with E-state index in [1.165, 1.54) is 15.7 Å². The summed E-state index contributed by atoms with van der Waals surface area (Å²) in [5.41, 5.74) is 1.27. The Bertz CT molecular complexity index is 1740. The normalized spacial score (nSPS) is 17.9. The topological polar surface area (TPSA) is 185 Å². The van der Waals surface area contributed by atoms with Crippen molar-refractivity contribution in [2.45, 2.75) is 44.4 Å². The lowest BCUT2D eigenvalue weighted by atomic mass is 9.93. The summed E-state index contributed by atoms with van der Waals surface area (Å²) >= 11 is 0. The van der Waals surface area contributed by atoms with E-state index in [1.54, 1.807) is 39.7 Å².